The molecule has 0 saturated heterocycles. The highest BCUT2D eigenvalue weighted by Crippen LogP contribution is 2.25. The van der Waals surface area contributed by atoms with Gasteiger partial charge in [0.25, 0.3) is 0 Å². The molecule has 0 heterocycles. The van der Waals surface area contributed by atoms with E-state index in [4.69, 9.17) is 10.5 Å². The summed E-state index contributed by atoms with van der Waals surface area (Å²) in [6.45, 7) is 7.55. The highest BCUT2D eigenvalue weighted by Gasteiger charge is 2.33. The van der Waals surface area contributed by atoms with Crippen molar-refractivity contribution in [1.29, 1.82) is 0 Å². The van der Waals surface area contributed by atoms with Crippen LogP contribution in [0.15, 0.2) is 24.3 Å². The molecule has 2 amide bonds. The summed E-state index contributed by atoms with van der Waals surface area (Å²) in [4.78, 5) is 24.1. The molecule has 22 heavy (non-hydrogen) atoms. The molecule has 1 aromatic rings. The summed E-state index contributed by atoms with van der Waals surface area (Å²) < 4.78 is 5.12. The van der Waals surface area contributed by atoms with Crippen molar-refractivity contribution >= 4 is 11.8 Å². The summed E-state index contributed by atoms with van der Waals surface area (Å²) >= 11 is 0. The number of carbonyl (C=O) groups is 2. The summed E-state index contributed by atoms with van der Waals surface area (Å²) in [6.07, 6.45) is 0.633. The molecule has 0 aromatic heterocycles. The molecule has 0 bridgehead atoms. The fourth-order valence-electron chi connectivity index (χ4n) is 2.37. The Kier molecular flexibility index (Phi) is 5.97. The van der Waals surface area contributed by atoms with Crippen LogP contribution >= 0.6 is 0 Å². The Morgan fingerprint density at radius 2 is 1.77 bits per heavy atom. The van der Waals surface area contributed by atoms with Gasteiger partial charge in [0.2, 0.25) is 11.8 Å². The molecular formula is C17H26N2O3. The lowest BCUT2D eigenvalue weighted by Gasteiger charge is -2.30. The van der Waals surface area contributed by atoms with E-state index in [2.05, 4.69) is 5.32 Å². The number of amides is 2. The Balaban J connectivity index is 2.93. The Morgan fingerprint density at radius 1 is 1.23 bits per heavy atom. The van der Waals surface area contributed by atoms with Gasteiger partial charge in [-0.15, -0.1) is 0 Å². The van der Waals surface area contributed by atoms with Crippen LogP contribution in [0, 0.1) is 5.41 Å². The number of hydrogen-bond donors (Lipinski definition) is 2. The van der Waals surface area contributed by atoms with E-state index in [9.17, 15) is 9.59 Å². The van der Waals surface area contributed by atoms with Gasteiger partial charge in [-0.25, -0.2) is 0 Å². The lowest BCUT2D eigenvalue weighted by atomic mass is 9.85. The van der Waals surface area contributed by atoms with E-state index in [-0.39, 0.29) is 11.8 Å². The predicted octanol–water partition coefficient (Wildman–Crippen LogP) is 2.21. The number of carbonyl (C=O) groups excluding carboxylic acids is 2. The molecule has 0 radical (unpaired) electrons. The molecule has 122 valence electrons. The van der Waals surface area contributed by atoms with Gasteiger partial charge >= 0.3 is 0 Å². The molecule has 3 N–H and O–H groups in total. The van der Waals surface area contributed by atoms with Gasteiger partial charge in [-0.2, -0.15) is 0 Å². The number of ether oxygens (including phenoxy) is 1. The Bertz CT molecular complexity index is 518. The van der Waals surface area contributed by atoms with Crippen LogP contribution in [-0.4, -0.2) is 25.0 Å². The minimum Gasteiger partial charge on any atom is -0.497 e. The molecule has 0 unspecified atom stereocenters. The first kappa shape index (κ1) is 18.0. The first-order chi connectivity index (χ1) is 10.2. The molecule has 1 rings (SSSR count). The van der Waals surface area contributed by atoms with E-state index in [0.29, 0.717) is 6.42 Å². The zero-order valence-corrected chi connectivity index (χ0v) is 14.0. The topological polar surface area (TPSA) is 81.4 Å². The zero-order chi connectivity index (χ0) is 16.9. The lowest BCUT2D eigenvalue weighted by Crippen LogP contribution is -2.53. The predicted molar refractivity (Wildman–Crippen MR) is 86.6 cm³/mol. The molecule has 0 saturated carbocycles. The fraction of sp³-hybridized carbons (Fsp3) is 0.529. The molecular weight excluding hydrogens is 280 g/mol. The first-order valence-corrected chi connectivity index (χ1v) is 7.44. The fourth-order valence-corrected chi connectivity index (χ4v) is 2.37. The average molecular weight is 306 g/mol. The molecule has 0 aliphatic heterocycles. The maximum atomic E-state index is 12.5. The molecule has 5 heteroatoms. The van der Waals surface area contributed by atoms with Crippen molar-refractivity contribution in [2.24, 2.45) is 11.1 Å². The van der Waals surface area contributed by atoms with Crippen molar-refractivity contribution in [1.82, 2.24) is 5.32 Å². The molecule has 0 aliphatic carbocycles. The van der Waals surface area contributed by atoms with E-state index in [1.807, 2.05) is 52.0 Å². The van der Waals surface area contributed by atoms with E-state index in [0.717, 1.165) is 11.3 Å². The average Bonchev–Trinajstić information content (AvgIpc) is 2.44. The van der Waals surface area contributed by atoms with Crippen molar-refractivity contribution < 1.29 is 14.3 Å². The van der Waals surface area contributed by atoms with Crippen LogP contribution in [0.25, 0.3) is 0 Å². The quantitative estimate of drug-likeness (QED) is 0.845. The normalized spacial score (nSPS) is 14.0. The number of nitrogens with one attached hydrogen (secondary N) is 1. The Morgan fingerprint density at radius 3 is 2.14 bits per heavy atom. The van der Waals surface area contributed by atoms with E-state index in [1.54, 1.807) is 7.11 Å². The van der Waals surface area contributed by atoms with Gasteiger partial charge in [0.1, 0.15) is 11.8 Å². The molecule has 1 aromatic carbocycles. The number of benzene rings is 1. The van der Waals surface area contributed by atoms with Gasteiger partial charge in [0.05, 0.1) is 13.0 Å². The van der Waals surface area contributed by atoms with Crippen molar-refractivity contribution in [3.63, 3.8) is 0 Å². The third-order valence-corrected chi connectivity index (χ3v) is 3.68. The van der Waals surface area contributed by atoms with Crippen LogP contribution in [0.4, 0.5) is 0 Å². The van der Waals surface area contributed by atoms with Gasteiger partial charge in [-0.05, 0) is 29.5 Å². The first-order valence-electron chi connectivity index (χ1n) is 7.44. The molecule has 5 nitrogen and oxygen atoms in total. The van der Waals surface area contributed by atoms with Crippen molar-refractivity contribution in [3.05, 3.63) is 29.8 Å². The second kappa shape index (κ2) is 7.29. The highest BCUT2D eigenvalue weighted by atomic mass is 16.5. The standard InChI is InChI=1S/C17H26N2O3/c1-6-13(11-7-9-12(22-5)10-8-11)16(21)19-14(15(18)20)17(2,3)4/h7-10,13-14H,6H2,1-5H3,(H2,18,20)(H,19,21)/t13-,14+/m0/s1. The monoisotopic (exact) mass is 306 g/mol. The van der Waals surface area contributed by atoms with Crippen molar-refractivity contribution in [2.75, 3.05) is 7.11 Å². The highest BCUT2D eigenvalue weighted by molar-refractivity contribution is 5.90. The Hall–Kier alpha value is -2.04. The number of methoxy groups -OCH3 is 1. The third kappa shape index (κ3) is 4.48. The van der Waals surface area contributed by atoms with Crippen LogP contribution in [0.3, 0.4) is 0 Å². The van der Waals surface area contributed by atoms with Crippen molar-refractivity contribution in [3.8, 4) is 5.75 Å². The van der Waals surface area contributed by atoms with Crippen LogP contribution in [0.5, 0.6) is 5.75 Å². The molecule has 0 aliphatic rings. The van der Waals surface area contributed by atoms with Gasteiger partial charge < -0.3 is 15.8 Å². The smallest absolute Gasteiger partial charge is 0.240 e. The van der Waals surface area contributed by atoms with Crippen LogP contribution in [0.2, 0.25) is 0 Å². The minimum absolute atomic E-state index is 0.189. The van der Waals surface area contributed by atoms with E-state index < -0.39 is 17.4 Å². The zero-order valence-electron chi connectivity index (χ0n) is 14.0. The van der Waals surface area contributed by atoms with Gasteiger partial charge in [-0.3, -0.25) is 9.59 Å². The molecule has 0 fully saturated rings. The van der Waals surface area contributed by atoms with E-state index >= 15 is 0 Å². The number of primary amides is 1. The molecule has 0 spiro atoms. The van der Waals surface area contributed by atoms with Crippen LogP contribution in [-0.2, 0) is 9.59 Å². The second-order valence-corrected chi connectivity index (χ2v) is 6.44. The molecule has 2 atom stereocenters. The lowest BCUT2D eigenvalue weighted by molar-refractivity contribution is -0.130. The summed E-state index contributed by atoms with van der Waals surface area (Å²) in [7, 11) is 1.60. The van der Waals surface area contributed by atoms with Crippen LogP contribution in [0.1, 0.15) is 45.6 Å². The summed E-state index contributed by atoms with van der Waals surface area (Å²) in [5, 5.41) is 2.79. The Labute approximate surface area is 132 Å². The maximum absolute atomic E-state index is 12.5. The number of rotatable bonds is 6. The van der Waals surface area contributed by atoms with Gasteiger partial charge in [0, 0.05) is 0 Å². The second-order valence-electron chi connectivity index (χ2n) is 6.44. The third-order valence-electron chi connectivity index (χ3n) is 3.68. The minimum atomic E-state index is -0.702. The van der Waals surface area contributed by atoms with Gasteiger partial charge in [-0.1, -0.05) is 39.8 Å². The maximum Gasteiger partial charge on any atom is 0.240 e. The van der Waals surface area contributed by atoms with Gasteiger partial charge in [0.15, 0.2) is 0 Å². The van der Waals surface area contributed by atoms with E-state index in [1.165, 1.54) is 0 Å². The summed E-state index contributed by atoms with van der Waals surface area (Å²) in [5.74, 6) is -0.296. The van der Waals surface area contributed by atoms with Crippen molar-refractivity contribution in [2.45, 2.75) is 46.1 Å². The summed E-state index contributed by atoms with van der Waals surface area (Å²) in [5.41, 5.74) is 5.88. The number of hydrogen-bond acceptors (Lipinski definition) is 3. The number of nitrogens with two attached hydrogens (primary N) is 1. The SMILES string of the molecule is CC[C@H](C(=O)N[C@H](C(N)=O)C(C)(C)C)c1ccc(OC)cc1. The van der Waals surface area contributed by atoms with Crippen LogP contribution < -0.4 is 15.8 Å². The largest absolute Gasteiger partial charge is 0.497 e. The summed E-state index contributed by atoms with van der Waals surface area (Å²) in [6, 6.07) is 6.67.